The first kappa shape index (κ1) is 14.1. The van der Waals surface area contributed by atoms with Crippen LogP contribution in [0.15, 0.2) is 6.07 Å². The number of hydrazine groups is 1. The normalized spacial score (nSPS) is 10.1. The lowest BCUT2D eigenvalue weighted by atomic mass is 10.4. The van der Waals surface area contributed by atoms with Crippen molar-refractivity contribution in [3.63, 3.8) is 0 Å². The van der Waals surface area contributed by atoms with E-state index in [0.29, 0.717) is 37.0 Å². The lowest BCUT2D eigenvalue weighted by molar-refractivity contribution is -0.122. The van der Waals surface area contributed by atoms with E-state index in [1.165, 1.54) is 0 Å². The molecule has 0 aliphatic heterocycles. The van der Waals surface area contributed by atoms with Gasteiger partial charge in [-0.15, -0.1) is 0 Å². The number of aromatic nitrogens is 2. The number of amides is 1. The number of anilines is 2. The summed E-state index contributed by atoms with van der Waals surface area (Å²) in [5.41, 5.74) is 7.41. The van der Waals surface area contributed by atoms with Crippen LogP contribution in [0.3, 0.4) is 0 Å². The predicted molar refractivity (Wildman–Crippen MR) is 67.7 cm³/mol. The summed E-state index contributed by atoms with van der Waals surface area (Å²) in [5, 5.41) is 3.04. The van der Waals surface area contributed by atoms with Gasteiger partial charge in [-0.1, -0.05) is 6.92 Å². The molecule has 1 heterocycles. The molecule has 1 amide bonds. The van der Waals surface area contributed by atoms with Crippen LogP contribution in [0, 0.1) is 0 Å². The van der Waals surface area contributed by atoms with Crippen molar-refractivity contribution in [1.82, 2.24) is 9.97 Å². The number of hydrogen-bond acceptors (Lipinski definition) is 7. The van der Waals surface area contributed by atoms with Crippen LogP contribution in [0.1, 0.15) is 12.7 Å². The van der Waals surface area contributed by atoms with Crippen molar-refractivity contribution in [1.29, 1.82) is 0 Å². The quantitative estimate of drug-likeness (QED) is 0.272. The molecule has 0 atom stereocenters. The number of nitrogens with zero attached hydrogens (tertiary/aromatic N) is 2. The van der Waals surface area contributed by atoms with Crippen LogP contribution in [0.5, 0.6) is 0 Å². The number of ether oxygens (including phenoxy) is 1. The predicted octanol–water partition coefficient (Wildman–Crippen LogP) is -0.762. The van der Waals surface area contributed by atoms with Gasteiger partial charge in [0.05, 0.1) is 6.61 Å². The minimum absolute atomic E-state index is 0.0821. The summed E-state index contributed by atoms with van der Waals surface area (Å²) >= 11 is 0. The first-order valence-electron chi connectivity index (χ1n) is 5.60. The number of aryl methyl sites for hydroxylation is 1. The molecule has 0 aliphatic carbocycles. The second kappa shape index (κ2) is 7.41. The average molecular weight is 254 g/mol. The SMILES string of the molecule is CCc1nc(NN)cc(NCCOCC(N)=O)n1. The number of carbonyl (C=O) groups excluding carboxylic acids is 1. The molecule has 0 unspecified atom stereocenters. The van der Waals surface area contributed by atoms with E-state index in [-0.39, 0.29) is 6.61 Å². The molecule has 0 saturated carbocycles. The third kappa shape index (κ3) is 4.93. The van der Waals surface area contributed by atoms with Gasteiger partial charge in [0.15, 0.2) is 0 Å². The molecule has 0 aliphatic rings. The second-order valence-electron chi connectivity index (χ2n) is 3.50. The van der Waals surface area contributed by atoms with Crippen molar-refractivity contribution in [2.24, 2.45) is 11.6 Å². The Morgan fingerprint density at radius 1 is 1.44 bits per heavy atom. The molecule has 6 N–H and O–H groups in total. The zero-order chi connectivity index (χ0) is 13.4. The van der Waals surface area contributed by atoms with Gasteiger partial charge in [-0.25, -0.2) is 15.8 Å². The van der Waals surface area contributed by atoms with Crippen molar-refractivity contribution < 1.29 is 9.53 Å². The Hall–Kier alpha value is -1.93. The standard InChI is InChI=1S/C10H18N6O2/c1-2-8-14-9(5-10(15-8)16-12)13-3-4-18-6-7(11)17/h5H,2-4,6,12H2,1H3,(H2,11,17)(H2,13,14,15,16). The number of primary amides is 1. The molecule has 0 fully saturated rings. The van der Waals surface area contributed by atoms with Crippen LogP contribution in [0.25, 0.3) is 0 Å². The van der Waals surface area contributed by atoms with Crippen LogP contribution in [0.2, 0.25) is 0 Å². The Balaban J connectivity index is 2.43. The van der Waals surface area contributed by atoms with Crippen LogP contribution in [-0.4, -0.2) is 35.6 Å². The first-order chi connectivity index (χ1) is 8.65. The van der Waals surface area contributed by atoms with E-state index < -0.39 is 5.91 Å². The van der Waals surface area contributed by atoms with Gasteiger partial charge in [-0.05, 0) is 0 Å². The highest BCUT2D eigenvalue weighted by Crippen LogP contribution is 2.10. The van der Waals surface area contributed by atoms with Crippen LogP contribution in [-0.2, 0) is 16.0 Å². The summed E-state index contributed by atoms with van der Waals surface area (Å²) in [6, 6.07) is 1.69. The molecule has 18 heavy (non-hydrogen) atoms. The lowest BCUT2D eigenvalue weighted by Crippen LogP contribution is -2.21. The van der Waals surface area contributed by atoms with E-state index in [4.69, 9.17) is 16.3 Å². The maximum Gasteiger partial charge on any atom is 0.243 e. The third-order valence-electron chi connectivity index (χ3n) is 2.03. The molecule has 1 rings (SSSR count). The molecule has 100 valence electrons. The summed E-state index contributed by atoms with van der Waals surface area (Å²) in [6.45, 7) is 2.74. The molecule has 0 saturated heterocycles. The van der Waals surface area contributed by atoms with E-state index in [1.807, 2.05) is 6.92 Å². The van der Waals surface area contributed by atoms with E-state index in [0.717, 1.165) is 0 Å². The topological polar surface area (TPSA) is 128 Å². The largest absolute Gasteiger partial charge is 0.370 e. The van der Waals surface area contributed by atoms with Gasteiger partial charge < -0.3 is 21.2 Å². The number of hydrogen-bond donors (Lipinski definition) is 4. The van der Waals surface area contributed by atoms with Gasteiger partial charge in [0, 0.05) is 19.0 Å². The number of rotatable bonds is 8. The van der Waals surface area contributed by atoms with Gasteiger partial charge >= 0.3 is 0 Å². The summed E-state index contributed by atoms with van der Waals surface area (Å²) in [6.07, 6.45) is 0.711. The van der Waals surface area contributed by atoms with Crippen LogP contribution >= 0.6 is 0 Å². The molecule has 0 aromatic carbocycles. The molecule has 1 aromatic rings. The Bertz CT molecular complexity index is 376. The van der Waals surface area contributed by atoms with E-state index in [1.54, 1.807) is 6.07 Å². The molecule has 0 spiro atoms. The maximum absolute atomic E-state index is 10.4. The van der Waals surface area contributed by atoms with Crippen molar-refractivity contribution in [2.45, 2.75) is 13.3 Å². The molecule has 1 aromatic heterocycles. The number of nitrogens with one attached hydrogen (secondary N) is 2. The summed E-state index contributed by atoms with van der Waals surface area (Å²) < 4.78 is 5.01. The number of nitrogens with two attached hydrogens (primary N) is 2. The second-order valence-corrected chi connectivity index (χ2v) is 3.50. The highest BCUT2D eigenvalue weighted by atomic mass is 16.5. The van der Waals surface area contributed by atoms with Crippen LogP contribution in [0.4, 0.5) is 11.6 Å². The smallest absolute Gasteiger partial charge is 0.243 e. The molecule has 8 heteroatoms. The Morgan fingerprint density at radius 3 is 2.78 bits per heavy atom. The van der Waals surface area contributed by atoms with Crippen molar-refractivity contribution >= 4 is 17.5 Å². The summed E-state index contributed by atoms with van der Waals surface area (Å²) in [5.74, 6) is 6.70. The molecular weight excluding hydrogens is 236 g/mol. The van der Waals surface area contributed by atoms with Gasteiger partial charge in [0.25, 0.3) is 0 Å². The molecule has 8 nitrogen and oxygen atoms in total. The van der Waals surface area contributed by atoms with Crippen molar-refractivity contribution in [3.8, 4) is 0 Å². The highest BCUT2D eigenvalue weighted by Gasteiger charge is 2.02. The third-order valence-corrected chi connectivity index (χ3v) is 2.03. The van der Waals surface area contributed by atoms with E-state index in [9.17, 15) is 4.79 Å². The Labute approximate surface area is 105 Å². The fourth-order valence-electron chi connectivity index (χ4n) is 1.24. The zero-order valence-corrected chi connectivity index (χ0v) is 10.3. The Kier molecular flexibility index (Phi) is 5.81. The minimum Gasteiger partial charge on any atom is -0.370 e. The maximum atomic E-state index is 10.4. The molecule has 0 bridgehead atoms. The van der Waals surface area contributed by atoms with Gasteiger partial charge in [-0.3, -0.25) is 4.79 Å². The van der Waals surface area contributed by atoms with Crippen molar-refractivity contribution in [3.05, 3.63) is 11.9 Å². The fourth-order valence-corrected chi connectivity index (χ4v) is 1.24. The highest BCUT2D eigenvalue weighted by molar-refractivity contribution is 5.74. The average Bonchev–Trinajstić information content (AvgIpc) is 2.37. The number of nitrogen functional groups attached to an aromatic ring is 1. The van der Waals surface area contributed by atoms with E-state index in [2.05, 4.69) is 20.7 Å². The summed E-state index contributed by atoms with van der Waals surface area (Å²) in [4.78, 5) is 18.9. The summed E-state index contributed by atoms with van der Waals surface area (Å²) in [7, 11) is 0. The van der Waals surface area contributed by atoms with Gasteiger partial charge in [-0.2, -0.15) is 0 Å². The monoisotopic (exact) mass is 254 g/mol. The zero-order valence-electron chi connectivity index (χ0n) is 10.3. The van der Waals surface area contributed by atoms with E-state index >= 15 is 0 Å². The lowest BCUT2D eigenvalue weighted by Gasteiger charge is -2.09. The van der Waals surface area contributed by atoms with Crippen molar-refractivity contribution in [2.75, 3.05) is 30.5 Å². The van der Waals surface area contributed by atoms with Gasteiger partial charge in [0.2, 0.25) is 5.91 Å². The first-order valence-corrected chi connectivity index (χ1v) is 5.60. The van der Waals surface area contributed by atoms with Crippen LogP contribution < -0.4 is 22.3 Å². The number of carbonyl (C=O) groups is 1. The molecular formula is C10H18N6O2. The van der Waals surface area contributed by atoms with Gasteiger partial charge in [0.1, 0.15) is 24.1 Å². The Morgan fingerprint density at radius 2 is 2.17 bits per heavy atom. The molecule has 0 radical (unpaired) electrons. The minimum atomic E-state index is -0.486. The fraction of sp³-hybridized carbons (Fsp3) is 0.500.